The van der Waals surface area contributed by atoms with Crippen molar-refractivity contribution in [3.63, 3.8) is 0 Å². The predicted molar refractivity (Wildman–Crippen MR) is 59.9 cm³/mol. The summed E-state index contributed by atoms with van der Waals surface area (Å²) in [6.07, 6.45) is 3.54. The van der Waals surface area contributed by atoms with Crippen molar-refractivity contribution in [3.8, 4) is 0 Å². The van der Waals surface area contributed by atoms with Crippen molar-refractivity contribution in [2.45, 2.75) is 38.4 Å². The van der Waals surface area contributed by atoms with E-state index in [1.165, 1.54) is 6.20 Å². The van der Waals surface area contributed by atoms with Gasteiger partial charge in [-0.25, -0.2) is 0 Å². The number of aliphatic hydroxyl groups excluding tert-OH is 2. The molecule has 1 aromatic heterocycles. The van der Waals surface area contributed by atoms with Crippen LogP contribution < -0.4 is 0 Å². The van der Waals surface area contributed by atoms with Gasteiger partial charge >= 0.3 is 0 Å². The van der Waals surface area contributed by atoms with Crippen LogP contribution in [-0.4, -0.2) is 27.4 Å². The van der Waals surface area contributed by atoms with E-state index in [0.29, 0.717) is 17.9 Å². The Morgan fingerprint density at radius 3 is 2.73 bits per heavy atom. The van der Waals surface area contributed by atoms with Crippen LogP contribution in [0.3, 0.4) is 0 Å². The quantitative estimate of drug-likeness (QED) is 0.810. The number of aromatic nitrogens is 1. The molecule has 0 fully saturated rings. The molecule has 1 heterocycles. The maximum Gasteiger partial charge on any atom is 0.0839 e. The number of hydrogen-bond donors (Lipinski definition) is 2. The molecule has 0 amide bonds. The second kappa shape index (κ2) is 6.05. The van der Waals surface area contributed by atoms with Gasteiger partial charge in [0.25, 0.3) is 0 Å². The van der Waals surface area contributed by atoms with Gasteiger partial charge in [-0.15, -0.1) is 0 Å². The molecular formula is C11H16ClNO2. The smallest absolute Gasteiger partial charge is 0.0839 e. The van der Waals surface area contributed by atoms with Crippen LogP contribution in [0, 0.1) is 0 Å². The van der Waals surface area contributed by atoms with E-state index >= 15 is 0 Å². The minimum absolute atomic E-state index is 0.364. The highest BCUT2D eigenvalue weighted by Gasteiger charge is 2.16. The fourth-order valence-electron chi connectivity index (χ4n) is 1.42. The molecule has 0 saturated carbocycles. The zero-order chi connectivity index (χ0) is 11.3. The van der Waals surface area contributed by atoms with Gasteiger partial charge in [-0.3, -0.25) is 4.98 Å². The third-order valence-corrected chi connectivity index (χ3v) is 2.65. The summed E-state index contributed by atoms with van der Waals surface area (Å²) in [5.74, 6) is 0. The normalized spacial score (nSPS) is 14.9. The minimum atomic E-state index is -0.759. The van der Waals surface area contributed by atoms with E-state index in [0.717, 1.165) is 12.0 Å². The van der Waals surface area contributed by atoms with Crippen LogP contribution in [0.1, 0.15) is 25.3 Å². The highest BCUT2D eigenvalue weighted by Crippen LogP contribution is 2.17. The van der Waals surface area contributed by atoms with Crippen molar-refractivity contribution >= 4 is 11.6 Å². The van der Waals surface area contributed by atoms with Crippen LogP contribution in [0.25, 0.3) is 0 Å². The van der Waals surface area contributed by atoms with E-state index in [1.807, 2.05) is 6.92 Å². The Morgan fingerprint density at radius 2 is 2.13 bits per heavy atom. The summed E-state index contributed by atoms with van der Waals surface area (Å²) in [7, 11) is 0. The van der Waals surface area contributed by atoms with Gasteiger partial charge in [0.1, 0.15) is 0 Å². The summed E-state index contributed by atoms with van der Waals surface area (Å²) in [5.41, 5.74) is 0.814. The molecule has 0 saturated heterocycles. The fraction of sp³-hybridized carbons (Fsp3) is 0.545. The lowest BCUT2D eigenvalue weighted by molar-refractivity contribution is 0.0148. The number of halogens is 1. The Balaban J connectivity index is 2.58. The summed E-state index contributed by atoms with van der Waals surface area (Å²) in [5, 5.41) is 19.8. The minimum Gasteiger partial charge on any atom is -0.390 e. The molecule has 0 radical (unpaired) electrons. The van der Waals surface area contributed by atoms with Crippen LogP contribution in [-0.2, 0) is 6.42 Å². The highest BCUT2D eigenvalue weighted by atomic mass is 35.5. The fourth-order valence-corrected chi connectivity index (χ4v) is 1.62. The van der Waals surface area contributed by atoms with Crippen LogP contribution >= 0.6 is 11.6 Å². The van der Waals surface area contributed by atoms with Gasteiger partial charge in [-0.1, -0.05) is 24.9 Å². The van der Waals surface area contributed by atoms with E-state index < -0.39 is 12.2 Å². The Labute approximate surface area is 94.7 Å². The Kier molecular flexibility index (Phi) is 5.02. The molecule has 3 nitrogen and oxygen atoms in total. The summed E-state index contributed by atoms with van der Waals surface area (Å²) >= 11 is 5.89. The number of nitrogens with zero attached hydrogens (tertiary/aromatic N) is 1. The van der Waals surface area contributed by atoms with E-state index in [-0.39, 0.29) is 0 Å². The summed E-state index contributed by atoms with van der Waals surface area (Å²) in [6.45, 7) is 1.97. The molecule has 1 aromatic rings. The average Bonchev–Trinajstić information content (AvgIpc) is 2.21. The van der Waals surface area contributed by atoms with Crippen molar-refractivity contribution in [3.05, 3.63) is 29.0 Å². The van der Waals surface area contributed by atoms with Crippen LogP contribution in [0.4, 0.5) is 0 Å². The summed E-state index contributed by atoms with van der Waals surface area (Å²) in [6, 6.07) is 1.75. The lowest BCUT2D eigenvalue weighted by Crippen LogP contribution is -2.27. The van der Waals surface area contributed by atoms with Crippen LogP contribution in [0.15, 0.2) is 18.5 Å². The molecule has 0 aromatic carbocycles. The Hall–Kier alpha value is -0.640. The Bertz CT molecular complexity index is 306. The molecule has 2 N–H and O–H groups in total. The van der Waals surface area contributed by atoms with E-state index in [2.05, 4.69) is 4.98 Å². The van der Waals surface area contributed by atoms with Gasteiger partial charge in [-0.2, -0.15) is 0 Å². The van der Waals surface area contributed by atoms with Gasteiger partial charge in [-0.05, 0) is 18.1 Å². The van der Waals surface area contributed by atoms with E-state index in [9.17, 15) is 10.2 Å². The molecule has 0 aliphatic rings. The molecular weight excluding hydrogens is 214 g/mol. The van der Waals surface area contributed by atoms with Crippen molar-refractivity contribution in [1.29, 1.82) is 0 Å². The SMILES string of the molecule is CCCC(O)C(O)Cc1ccncc1Cl. The molecule has 1 rings (SSSR count). The van der Waals surface area contributed by atoms with Gasteiger partial charge < -0.3 is 10.2 Å². The number of pyridine rings is 1. The second-order valence-electron chi connectivity index (χ2n) is 3.59. The van der Waals surface area contributed by atoms with Crippen molar-refractivity contribution < 1.29 is 10.2 Å². The first kappa shape index (κ1) is 12.4. The molecule has 2 atom stereocenters. The molecule has 0 spiro atoms. The average molecular weight is 230 g/mol. The standard InChI is InChI=1S/C11H16ClNO2/c1-2-3-10(14)11(15)6-8-4-5-13-7-9(8)12/h4-5,7,10-11,14-15H,2-3,6H2,1H3. The molecule has 0 aliphatic heterocycles. The summed E-state index contributed by atoms with van der Waals surface area (Å²) in [4.78, 5) is 3.86. The number of hydrogen-bond acceptors (Lipinski definition) is 3. The lowest BCUT2D eigenvalue weighted by atomic mass is 10.0. The largest absolute Gasteiger partial charge is 0.390 e. The number of rotatable bonds is 5. The number of aliphatic hydroxyl groups is 2. The van der Waals surface area contributed by atoms with Crippen molar-refractivity contribution in [1.82, 2.24) is 4.98 Å². The van der Waals surface area contributed by atoms with Crippen molar-refractivity contribution in [2.24, 2.45) is 0 Å². The second-order valence-corrected chi connectivity index (χ2v) is 4.00. The third kappa shape index (κ3) is 3.78. The zero-order valence-corrected chi connectivity index (χ0v) is 9.48. The van der Waals surface area contributed by atoms with Crippen molar-refractivity contribution in [2.75, 3.05) is 0 Å². The first-order valence-corrected chi connectivity index (χ1v) is 5.47. The topological polar surface area (TPSA) is 53.4 Å². The monoisotopic (exact) mass is 229 g/mol. The first-order chi connectivity index (χ1) is 7.15. The third-order valence-electron chi connectivity index (χ3n) is 2.31. The van der Waals surface area contributed by atoms with Gasteiger partial charge in [0.15, 0.2) is 0 Å². The van der Waals surface area contributed by atoms with E-state index in [4.69, 9.17) is 11.6 Å². The lowest BCUT2D eigenvalue weighted by Gasteiger charge is -2.17. The molecule has 0 aliphatic carbocycles. The Morgan fingerprint density at radius 1 is 1.40 bits per heavy atom. The van der Waals surface area contributed by atoms with Gasteiger partial charge in [0.05, 0.1) is 17.2 Å². The predicted octanol–water partition coefficient (Wildman–Crippen LogP) is 1.80. The van der Waals surface area contributed by atoms with Crippen LogP contribution in [0.5, 0.6) is 0 Å². The highest BCUT2D eigenvalue weighted by molar-refractivity contribution is 6.31. The first-order valence-electron chi connectivity index (χ1n) is 5.09. The molecule has 4 heteroatoms. The molecule has 84 valence electrons. The maximum absolute atomic E-state index is 9.70. The molecule has 2 unspecified atom stereocenters. The maximum atomic E-state index is 9.70. The summed E-state index contributed by atoms with van der Waals surface area (Å²) < 4.78 is 0. The zero-order valence-electron chi connectivity index (χ0n) is 8.73. The van der Waals surface area contributed by atoms with Crippen LogP contribution in [0.2, 0.25) is 5.02 Å². The van der Waals surface area contributed by atoms with Gasteiger partial charge in [0.2, 0.25) is 0 Å². The molecule has 15 heavy (non-hydrogen) atoms. The molecule has 0 bridgehead atoms. The van der Waals surface area contributed by atoms with Gasteiger partial charge in [0, 0.05) is 18.8 Å². The van der Waals surface area contributed by atoms with E-state index in [1.54, 1.807) is 12.3 Å².